The Morgan fingerprint density at radius 2 is 1.94 bits per heavy atom. The number of aliphatic carboxylic acids is 1. The first-order chi connectivity index (χ1) is 7.29. The zero-order chi connectivity index (χ0) is 12.3. The lowest BCUT2D eigenvalue weighted by molar-refractivity contribution is -0.141. The maximum Gasteiger partial charge on any atom is 0.408 e. The smallest absolute Gasteiger partial charge is 0.408 e. The largest absolute Gasteiger partial charge is 0.480 e. The van der Waals surface area contributed by atoms with Gasteiger partial charge in [0.15, 0.2) is 0 Å². The molecule has 0 spiro atoms. The van der Waals surface area contributed by atoms with E-state index in [1.165, 1.54) is 0 Å². The number of carbonyl (C=O) groups excluding carboxylic acids is 1. The summed E-state index contributed by atoms with van der Waals surface area (Å²) in [5.74, 6) is -0.944. The molecule has 1 aliphatic rings. The summed E-state index contributed by atoms with van der Waals surface area (Å²) in [6.07, 6.45) is 2.08. The van der Waals surface area contributed by atoms with Crippen LogP contribution >= 0.6 is 0 Å². The highest BCUT2D eigenvalue weighted by Crippen LogP contribution is 2.29. The normalized spacial score (nSPS) is 18.4. The number of alkyl carbamates (subject to hydrolysis) is 1. The number of carbonyl (C=O) groups is 2. The highest BCUT2D eigenvalue weighted by Gasteiger charge is 2.34. The number of rotatable bonds is 3. The van der Waals surface area contributed by atoms with Gasteiger partial charge in [0, 0.05) is 0 Å². The molecular weight excluding hydrogens is 210 g/mol. The van der Waals surface area contributed by atoms with Gasteiger partial charge in [0.1, 0.15) is 11.6 Å². The Hall–Kier alpha value is -1.26. The zero-order valence-electron chi connectivity index (χ0n) is 9.95. The molecule has 0 heterocycles. The van der Waals surface area contributed by atoms with Crippen molar-refractivity contribution >= 4 is 12.1 Å². The third-order valence-electron chi connectivity index (χ3n) is 2.56. The van der Waals surface area contributed by atoms with E-state index in [1.54, 1.807) is 20.8 Å². The molecule has 5 nitrogen and oxygen atoms in total. The van der Waals surface area contributed by atoms with E-state index in [0.717, 1.165) is 19.3 Å². The van der Waals surface area contributed by atoms with Crippen LogP contribution in [0.2, 0.25) is 0 Å². The van der Waals surface area contributed by atoms with Gasteiger partial charge in [0.2, 0.25) is 0 Å². The van der Waals surface area contributed by atoms with Crippen molar-refractivity contribution in [3.63, 3.8) is 0 Å². The first kappa shape index (κ1) is 12.8. The minimum atomic E-state index is -0.990. The Morgan fingerprint density at radius 1 is 1.38 bits per heavy atom. The number of carboxylic acids is 1. The highest BCUT2D eigenvalue weighted by atomic mass is 16.6. The quantitative estimate of drug-likeness (QED) is 0.773. The number of hydrogen-bond acceptors (Lipinski definition) is 3. The average Bonchev–Trinajstić information content (AvgIpc) is 1.95. The van der Waals surface area contributed by atoms with Gasteiger partial charge in [0.05, 0.1) is 0 Å². The topological polar surface area (TPSA) is 75.6 Å². The van der Waals surface area contributed by atoms with Gasteiger partial charge in [-0.15, -0.1) is 0 Å². The number of ether oxygens (including phenoxy) is 1. The second-order valence-electron chi connectivity index (χ2n) is 5.15. The molecule has 0 saturated heterocycles. The molecule has 0 unspecified atom stereocenters. The molecule has 1 amide bonds. The second kappa shape index (κ2) is 4.72. The van der Waals surface area contributed by atoms with Gasteiger partial charge >= 0.3 is 12.1 Å². The fourth-order valence-electron chi connectivity index (χ4n) is 1.59. The minimum absolute atomic E-state index is 0.0463. The molecule has 1 rings (SSSR count). The molecule has 0 aliphatic heterocycles. The predicted octanol–water partition coefficient (Wildman–Crippen LogP) is 1.76. The number of nitrogens with one attached hydrogen (secondary N) is 1. The first-order valence-corrected chi connectivity index (χ1v) is 5.52. The Balaban J connectivity index is 2.48. The van der Waals surface area contributed by atoms with Gasteiger partial charge in [-0.3, -0.25) is 0 Å². The van der Waals surface area contributed by atoms with Crippen molar-refractivity contribution in [1.82, 2.24) is 5.32 Å². The van der Waals surface area contributed by atoms with Crippen molar-refractivity contribution < 1.29 is 19.4 Å². The van der Waals surface area contributed by atoms with Crippen LogP contribution in [0.1, 0.15) is 40.0 Å². The summed E-state index contributed by atoms with van der Waals surface area (Å²) < 4.78 is 5.02. The van der Waals surface area contributed by atoms with E-state index in [0.29, 0.717) is 0 Å². The third-order valence-corrected chi connectivity index (χ3v) is 2.56. The molecule has 5 heteroatoms. The molecule has 2 N–H and O–H groups in total. The lowest BCUT2D eigenvalue weighted by Crippen LogP contribution is -2.49. The molecule has 16 heavy (non-hydrogen) atoms. The van der Waals surface area contributed by atoms with Crippen molar-refractivity contribution in [3.05, 3.63) is 0 Å². The van der Waals surface area contributed by atoms with Crippen LogP contribution in [0.4, 0.5) is 4.79 Å². The zero-order valence-corrected chi connectivity index (χ0v) is 9.95. The Kier molecular flexibility index (Phi) is 3.78. The van der Waals surface area contributed by atoms with E-state index < -0.39 is 23.7 Å². The van der Waals surface area contributed by atoms with Crippen molar-refractivity contribution in [1.29, 1.82) is 0 Å². The molecule has 1 atom stereocenters. The van der Waals surface area contributed by atoms with Crippen LogP contribution in [0.25, 0.3) is 0 Å². The number of amides is 1. The van der Waals surface area contributed by atoms with E-state index in [4.69, 9.17) is 9.84 Å². The molecule has 0 aromatic heterocycles. The molecule has 1 saturated carbocycles. The van der Waals surface area contributed by atoms with E-state index >= 15 is 0 Å². The van der Waals surface area contributed by atoms with Gasteiger partial charge in [-0.25, -0.2) is 9.59 Å². The van der Waals surface area contributed by atoms with Gasteiger partial charge in [-0.1, -0.05) is 6.42 Å². The second-order valence-corrected chi connectivity index (χ2v) is 5.15. The molecule has 0 radical (unpaired) electrons. The van der Waals surface area contributed by atoms with Crippen LogP contribution < -0.4 is 5.32 Å². The molecule has 1 aliphatic carbocycles. The molecule has 0 aromatic carbocycles. The molecule has 0 aromatic rings. The van der Waals surface area contributed by atoms with Crippen molar-refractivity contribution in [2.24, 2.45) is 5.92 Å². The average molecular weight is 229 g/mol. The van der Waals surface area contributed by atoms with Crippen molar-refractivity contribution in [2.75, 3.05) is 0 Å². The highest BCUT2D eigenvalue weighted by molar-refractivity contribution is 5.80. The van der Waals surface area contributed by atoms with Gasteiger partial charge in [0.25, 0.3) is 0 Å². The van der Waals surface area contributed by atoms with E-state index in [2.05, 4.69) is 5.32 Å². The van der Waals surface area contributed by atoms with Crippen LogP contribution in [-0.4, -0.2) is 28.8 Å². The van der Waals surface area contributed by atoms with Crippen LogP contribution in [0.3, 0.4) is 0 Å². The van der Waals surface area contributed by atoms with Crippen LogP contribution in [0.5, 0.6) is 0 Å². The summed E-state index contributed by atoms with van der Waals surface area (Å²) in [6.45, 7) is 5.23. The van der Waals surface area contributed by atoms with Gasteiger partial charge in [-0.2, -0.15) is 0 Å². The van der Waals surface area contributed by atoms with Gasteiger partial charge < -0.3 is 15.2 Å². The Morgan fingerprint density at radius 3 is 2.25 bits per heavy atom. The number of carboxylic acid groups (broad SMARTS) is 1. The summed E-state index contributed by atoms with van der Waals surface area (Å²) in [4.78, 5) is 22.4. The predicted molar refractivity (Wildman–Crippen MR) is 58.1 cm³/mol. The van der Waals surface area contributed by atoms with Crippen LogP contribution in [-0.2, 0) is 9.53 Å². The monoisotopic (exact) mass is 229 g/mol. The van der Waals surface area contributed by atoms with Crippen LogP contribution in [0.15, 0.2) is 0 Å². The maximum atomic E-state index is 11.4. The molecule has 92 valence electrons. The third kappa shape index (κ3) is 3.72. The summed E-state index contributed by atoms with van der Waals surface area (Å²) in [6, 6.07) is -0.816. The standard InChI is InChI=1S/C11H19NO4/c1-11(2,3)16-10(15)12-8(9(13)14)7-5-4-6-7/h7-8H,4-6H2,1-3H3,(H,12,15)(H,13,14)/t8-/m1/s1. The maximum absolute atomic E-state index is 11.4. The van der Waals surface area contributed by atoms with E-state index in [9.17, 15) is 9.59 Å². The minimum Gasteiger partial charge on any atom is -0.480 e. The Bertz CT molecular complexity index is 278. The van der Waals surface area contributed by atoms with Crippen LogP contribution in [0, 0.1) is 5.92 Å². The fourth-order valence-corrected chi connectivity index (χ4v) is 1.59. The molecule has 0 bridgehead atoms. The lowest BCUT2D eigenvalue weighted by atomic mass is 9.80. The van der Waals surface area contributed by atoms with Crippen molar-refractivity contribution in [3.8, 4) is 0 Å². The SMILES string of the molecule is CC(C)(C)OC(=O)N[C@@H](C(=O)O)C1CCC1. The fraction of sp³-hybridized carbons (Fsp3) is 0.818. The van der Waals surface area contributed by atoms with E-state index in [-0.39, 0.29) is 5.92 Å². The summed E-state index contributed by atoms with van der Waals surface area (Å²) >= 11 is 0. The first-order valence-electron chi connectivity index (χ1n) is 5.52. The molecule has 1 fully saturated rings. The van der Waals surface area contributed by atoms with E-state index in [1.807, 2.05) is 0 Å². The summed E-state index contributed by atoms with van der Waals surface area (Å²) in [5.41, 5.74) is -0.604. The number of hydrogen-bond donors (Lipinski definition) is 2. The summed E-state index contributed by atoms with van der Waals surface area (Å²) in [7, 11) is 0. The summed E-state index contributed by atoms with van der Waals surface area (Å²) in [5, 5.41) is 11.4. The Labute approximate surface area is 95.2 Å². The van der Waals surface area contributed by atoms with Crippen molar-refractivity contribution in [2.45, 2.75) is 51.7 Å². The van der Waals surface area contributed by atoms with Gasteiger partial charge in [-0.05, 0) is 39.5 Å². The molecular formula is C11H19NO4. The lowest BCUT2D eigenvalue weighted by Gasteiger charge is -2.32.